The van der Waals surface area contributed by atoms with Gasteiger partial charge in [-0.2, -0.15) is 0 Å². The number of rotatable bonds is 6. The lowest BCUT2D eigenvalue weighted by molar-refractivity contribution is -0.384. The number of aromatic nitrogens is 2. The number of nitrogens with one attached hydrogen (secondary N) is 1. The predicted octanol–water partition coefficient (Wildman–Crippen LogP) is 4.04. The highest BCUT2D eigenvalue weighted by atomic mass is 32.2. The minimum absolute atomic E-state index is 0.0312. The van der Waals surface area contributed by atoms with Crippen molar-refractivity contribution in [2.45, 2.75) is 39.4 Å². The van der Waals surface area contributed by atoms with Gasteiger partial charge in [0, 0.05) is 23.6 Å². The maximum Gasteiger partial charge on any atom is 0.271 e. The molecule has 3 rings (SSSR count). The zero-order valence-electron chi connectivity index (χ0n) is 16.4. The van der Waals surface area contributed by atoms with Crippen LogP contribution in [0.3, 0.4) is 0 Å². The Balaban J connectivity index is 1.82. The summed E-state index contributed by atoms with van der Waals surface area (Å²) in [6.45, 7) is 7.94. The number of aryl methyl sites for hydroxylation is 3. The van der Waals surface area contributed by atoms with Crippen molar-refractivity contribution in [2.24, 2.45) is 0 Å². The van der Waals surface area contributed by atoms with E-state index >= 15 is 0 Å². The normalized spacial score (nSPS) is 11.0. The number of thiophene rings is 1. The van der Waals surface area contributed by atoms with Gasteiger partial charge in [-0.25, -0.2) is 4.98 Å². The monoisotopic (exact) mass is 432 g/mol. The lowest BCUT2D eigenvalue weighted by Gasteiger charge is -2.11. The van der Waals surface area contributed by atoms with Crippen LogP contribution in [0.2, 0.25) is 0 Å². The molecule has 1 aromatic carbocycles. The summed E-state index contributed by atoms with van der Waals surface area (Å²) in [5.41, 5.74) is 1.87. The van der Waals surface area contributed by atoms with E-state index in [2.05, 4.69) is 10.3 Å². The van der Waals surface area contributed by atoms with Crippen LogP contribution in [0.5, 0.6) is 0 Å². The molecule has 0 unspecified atom stereocenters. The SMILES string of the molecule is CCn1c(SCC(=O)Nc2cc([N+](=O)[O-])ccc2C)nc2sc(C)c(C)c2c1=O. The molecule has 0 bridgehead atoms. The number of anilines is 1. The Morgan fingerprint density at radius 1 is 1.34 bits per heavy atom. The van der Waals surface area contributed by atoms with E-state index in [0.29, 0.717) is 27.6 Å². The summed E-state index contributed by atoms with van der Waals surface area (Å²) in [5, 5.41) is 14.8. The van der Waals surface area contributed by atoms with Gasteiger partial charge in [-0.15, -0.1) is 11.3 Å². The van der Waals surface area contributed by atoms with E-state index in [4.69, 9.17) is 0 Å². The minimum atomic E-state index is -0.506. The third-order valence-corrected chi connectivity index (χ3v) is 6.69. The van der Waals surface area contributed by atoms with Crippen LogP contribution in [-0.2, 0) is 11.3 Å². The molecule has 1 N–H and O–H groups in total. The molecular formula is C19H20N4O4S2. The Morgan fingerprint density at radius 3 is 2.72 bits per heavy atom. The van der Waals surface area contributed by atoms with Gasteiger partial charge in [0.25, 0.3) is 11.2 Å². The summed E-state index contributed by atoms with van der Waals surface area (Å²) in [7, 11) is 0. The van der Waals surface area contributed by atoms with Gasteiger partial charge in [-0.1, -0.05) is 17.8 Å². The van der Waals surface area contributed by atoms with Gasteiger partial charge in [-0.3, -0.25) is 24.3 Å². The fourth-order valence-corrected chi connectivity index (χ4v) is 4.81. The summed E-state index contributed by atoms with van der Waals surface area (Å²) >= 11 is 2.64. The average molecular weight is 433 g/mol. The van der Waals surface area contributed by atoms with Gasteiger partial charge in [0.05, 0.1) is 21.7 Å². The number of nitrogens with zero attached hydrogens (tertiary/aromatic N) is 3. The molecule has 10 heteroatoms. The zero-order chi connectivity index (χ0) is 21.3. The molecule has 0 atom stereocenters. The molecule has 0 saturated heterocycles. The van der Waals surface area contributed by atoms with Gasteiger partial charge >= 0.3 is 0 Å². The molecular weight excluding hydrogens is 412 g/mol. The van der Waals surface area contributed by atoms with Crippen molar-refractivity contribution in [2.75, 3.05) is 11.1 Å². The number of hydrogen-bond acceptors (Lipinski definition) is 7. The Kier molecular flexibility index (Phi) is 6.04. The first-order valence-electron chi connectivity index (χ1n) is 8.91. The van der Waals surface area contributed by atoms with E-state index in [0.717, 1.165) is 16.0 Å². The van der Waals surface area contributed by atoms with Crippen LogP contribution >= 0.6 is 23.1 Å². The Morgan fingerprint density at radius 2 is 2.07 bits per heavy atom. The van der Waals surface area contributed by atoms with Crippen LogP contribution in [0.15, 0.2) is 28.2 Å². The van der Waals surface area contributed by atoms with Crippen molar-refractivity contribution >= 4 is 50.6 Å². The minimum Gasteiger partial charge on any atom is -0.325 e. The number of non-ortho nitro benzene ring substituents is 1. The number of amides is 1. The summed E-state index contributed by atoms with van der Waals surface area (Å²) in [6, 6.07) is 4.32. The molecule has 2 aromatic heterocycles. The molecule has 3 aromatic rings. The van der Waals surface area contributed by atoms with E-state index in [1.807, 2.05) is 20.8 Å². The number of benzene rings is 1. The third-order valence-electron chi connectivity index (χ3n) is 4.61. The first-order chi connectivity index (χ1) is 13.7. The second kappa shape index (κ2) is 8.34. The number of hydrogen-bond donors (Lipinski definition) is 1. The average Bonchev–Trinajstić information content (AvgIpc) is 2.95. The zero-order valence-corrected chi connectivity index (χ0v) is 18.1. The van der Waals surface area contributed by atoms with E-state index in [1.54, 1.807) is 17.6 Å². The lowest BCUT2D eigenvalue weighted by atomic mass is 10.2. The van der Waals surface area contributed by atoms with Crippen LogP contribution in [0.25, 0.3) is 10.2 Å². The molecule has 0 fully saturated rings. The highest BCUT2D eigenvalue weighted by Crippen LogP contribution is 2.28. The van der Waals surface area contributed by atoms with E-state index < -0.39 is 4.92 Å². The van der Waals surface area contributed by atoms with Crippen molar-refractivity contribution in [1.29, 1.82) is 0 Å². The lowest BCUT2D eigenvalue weighted by Crippen LogP contribution is -2.23. The van der Waals surface area contributed by atoms with Crippen LogP contribution in [0, 0.1) is 30.9 Å². The number of carbonyl (C=O) groups excluding carboxylic acids is 1. The molecule has 8 nitrogen and oxygen atoms in total. The number of carbonyl (C=O) groups is 1. The topological polar surface area (TPSA) is 107 Å². The first kappa shape index (κ1) is 21.0. The van der Waals surface area contributed by atoms with Gasteiger partial charge in [-0.05, 0) is 38.8 Å². The second-order valence-corrected chi connectivity index (χ2v) is 8.65. The molecule has 0 spiro atoms. The maximum absolute atomic E-state index is 12.8. The Bertz CT molecular complexity index is 1180. The molecule has 2 heterocycles. The summed E-state index contributed by atoms with van der Waals surface area (Å²) < 4.78 is 1.57. The smallest absolute Gasteiger partial charge is 0.271 e. The fraction of sp³-hybridized carbons (Fsp3) is 0.316. The van der Waals surface area contributed by atoms with Crippen LogP contribution in [0.1, 0.15) is 22.9 Å². The Labute approximate surface area is 175 Å². The summed E-state index contributed by atoms with van der Waals surface area (Å²) in [5.74, 6) is -0.294. The number of fused-ring (bicyclic) bond motifs is 1. The molecule has 0 aliphatic heterocycles. The quantitative estimate of drug-likeness (QED) is 0.273. The predicted molar refractivity (Wildman–Crippen MR) is 116 cm³/mol. The number of nitro benzene ring substituents is 1. The standard InChI is InChI=1S/C19H20N4O4S2/c1-5-22-18(25)16-11(3)12(4)29-17(16)21-19(22)28-9-15(24)20-14-8-13(23(26)27)7-6-10(14)2/h6-8H,5,9H2,1-4H3,(H,20,24). The third kappa shape index (κ3) is 4.18. The molecule has 152 valence electrons. The van der Waals surface area contributed by atoms with E-state index in [1.165, 1.54) is 35.2 Å². The van der Waals surface area contributed by atoms with Crippen LogP contribution in [0.4, 0.5) is 11.4 Å². The van der Waals surface area contributed by atoms with Gasteiger partial charge in [0.2, 0.25) is 5.91 Å². The highest BCUT2D eigenvalue weighted by Gasteiger charge is 2.17. The van der Waals surface area contributed by atoms with Crippen molar-refractivity contribution < 1.29 is 9.72 Å². The molecule has 0 saturated carbocycles. The molecule has 0 aliphatic rings. The van der Waals surface area contributed by atoms with Crippen molar-refractivity contribution in [3.8, 4) is 0 Å². The molecule has 29 heavy (non-hydrogen) atoms. The first-order valence-corrected chi connectivity index (χ1v) is 10.7. The van der Waals surface area contributed by atoms with E-state index in [-0.39, 0.29) is 22.9 Å². The summed E-state index contributed by atoms with van der Waals surface area (Å²) in [6.07, 6.45) is 0. The maximum atomic E-state index is 12.8. The number of nitro groups is 1. The van der Waals surface area contributed by atoms with E-state index in [9.17, 15) is 19.7 Å². The largest absolute Gasteiger partial charge is 0.325 e. The Hall–Kier alpha value is -2.72. The van der Waals surface area contributed by atoms with Crippen LogP contribution < -0.4 is 10.9 Å². The van der Waals surface area contributed by atoms with Gasteiger partial charge in [0.15, 0.2) is 5.16 Å². The van der Waals surface area contributed by atoms with Gasteiger partial charge in [0.1, 0.15) is 4.83 Å². The van der Waals surface area contributed by atoms with Crippen molar-refractivity contribution in [3.05, 3.63) is 54.7 Å². The number of thioether (sulfide) groups is 1. The fourth-order valence-electron chi connectivity index (χ4n) is 2.87. The van der Waals surface area contributed by atoms with Gasteiger partial charge < -0.3 is 5.32 Å². The second-order valence-electron chi connectivity index (χ2n) is 6.50. The summed E-state index contributed by atoms with van der Waals surface area (Å²) in [4.78, 5) is 42.0. The van der Waals surface area contributed by atoms with Crippen molar-refractivity contribution in [3.63, 3.8) is 0 Å². The molecule has 0 radical (unpaired) electrons. The van der Waals surface area contributed by atoms with Crippen molar-refractivity contribution in [1.82, 2.24) is 9.55 Å². The molecule has 1 amide bonds. The molecule has 0 aliphatic carbocycles. The highest BCUT2D eigenvalue weighted by molar-refractivity contribution is 7.99. The van der Waals surface area contributed by atoms with Crippen LogP contribution in [-0.4, -0.2) is 26.1 Å².